The van der Waals surface area contributed by atoms with Crippen LogP contribution < -0.4 is 10.5 Å². The summed E-state index contributed by atoms with van der Waals surface area (Å²) in [7, 11) is 3.73. The number of hydrogen-bond acceptors (Lipinski definition) is 3. The van der Waals surface area contributed by atoms with Crippen LogP contribution in [-0.2, 0) is 13.5 Å². The lowest BCUT2D eigenvalue weighted by molar-refractivity contribution is 0.0995. The fourth-order valence-electron chi connectivity index (χ4n) is 3.66. The molecule has 4 aromatic rings. The van der Waals surface area contributed by atoms with E-state index in [0.29, 0.717) is 6.42 Å². The first kappa shape index (κ1) is 17.8. The fourth-order valence-corrected chi connectivity index (χ4v) is 3.66. The van der Waals surface area contributed by atoms with E-state index < -0.39 is 5.91 Å². The molecule has 0 saturated carbocycles. The van der Waals surface area contributed by atoms with E-state index >= 15 is 0 Å². The number of aryl methyl sites for hydroxylation is 1. The summed E-state index contributed by atoms with van der Waals surface area (Å²) in [5, 5.41) is 1.13. The minimum atomic E-state index is -0.521. The highest BCUT2D eigenvalue weighted by Gasteiger charge is 2.18. The fraction of sp³-hybridized carbons (Fsp3) is 0.130. The first-order valence-corrected chi connectivity index (χ1v) is 9.05. The van der Waals surface area contributed by atoms with Crippen molar-refractivity contribution in [3.63, 3.8) is 0 Å². The van der Waals surface area contributed by atoms with E-state index in [4.69, 9.17) is 10.5 Å². The third kappa shape index (κ3) is 3.11. The predicted octanol–water partition coefficient (Wildman–Crippen LogP) is 3.94. The van der Waals surface area contributed by atoms with Gasteiger partial charge in [0.25, 0.3) is 5.91 Å². The first-order valence-electron chi connectivity index (χ1n) is 9.05. The lowest BCUT2D eigenvalue weighted by Gasteiger charge is -2.09. The standard InChI is InChI=1S/C23H21N3O2/c1-26-21-14-17(28-2)11-12-18(21)19(22(26)15-7-4-3-5-8-15)13-16-9-6-10-20(25-16)23(24)27/h3-12,14H,13H2,1-2H3,(H2,24,27). The minimum absolute atomic E-state index is 0.278. The number of aromatic nitrogens is 2. The topological polar surface area (TPSA) is 70.1 Å². The summed E-state index contributed by atoms with van der Waals surface area (Å²) in [5.41, 5.74) is 11.0. The lowest BCUT2D eigenvalue weighted by Crippen LogP contribution is -2.13. The van der Waals surface area contributed by atoms with Gasteiger partial charge in [0.05, 0.1) is 18.3 Å². The maximum Gasteiger partial charge on any atom is 0.267 e. The number of pyridine rings is 1. The normalized spacial score (nSPS) is 10.9. The maximum absolute atomic E-state index is 11.5. The first-order chi connectivity index (χ1) is 13.6. The number of fused-ring (bicyclic) bond motifs is 1. The zero-order valence-electron chi connectivity index (χ0n) is 15.8. The molecular weight excluding hydrogens is 350 g/mol. The van der Waals surface area contributed by atoms with Crippen LogP contribution in [0.1, 0.15) is 21.7 Å². The summed E-state index contributed by atoms with van der Waals surface area (Å²) in [6, 6.07) is 21.7. The molecule has 2 N–H and O–H groups in total. The van der Waals surface area contributed by atoms with E-state index in [2.05, 4.69) is 34.8 Å². The monoisotopic (exact) mass is 371 g/mol. The number of ether oxygens (including phenoxy) is 1. The van der Waals surface area contributed by atoms with Gasteiger partial charge in [-0.25, -0.2) is 4.98 Å². The second kappa shape index (κ2) is 7.19. The van der Waals surface area contributed by atoms with Crippen LogP contribution in [0.2, 0.25) is 0 Å². The van der Waals surface area contributed by atoms with Gasteiger partial charge < -0.3 is 15.0 Å². The summed E-state index contributed by atoms with van der Waals surface area (Å²) < 4.78 is 7.60. The maximum atomic E-state index is 11.5. The molecule has 5 heteroatoms. The number of carbonyl (C=O) groups is 1. The highest BCUT2D eigenvalue weighted by atomic mass is 16.5. The minimum Gasteiger partial charge on any atom is -0.497 e. The van der Waals surface area contributed by atoms with Crippen LogP contribution in [-0.4, -0.2) is 22.6 Å². The van der Waals surface area contributed by atoms with Gasteiger partial charge in [0.15, 0.2) is 0 Å². The van der Waals surface area contributed by atoms with Gasteiger partial charge in [-0.05, 0) is 35.4 Å². The van der Waals surface area contributed by atoms with E-state index in [0.717, 1.165) is 39.2 Å². The van der Waals surface area contributed by atoms with E-state index in [1.165, 1.54) is 0 Å². The van der Waals surface area contributed by atoms with Gasteiger partial charge in [-0.2, -0.15) is 0 Å². The molecule has 140 valence electrons. The number of methoxy groups -OCH3 is 1. The molecule has 0 saturated heterocycles. The molecule has 2 aromatic heterocycles. The Labute approximate surface area is 163 Å². The molecule has 1 amide bonds. The molecule has 5 nitrogen and oxygen atoms in total. The van der Waals surface area contributed by atoms with Crippen molar-refractivity contribution >= 4 is 16.8 Å². The third-order valence-electron chi connectivity index (χ3n) is 4.98. The molecule has 0 bridgehead atoms. The molecule has 0 aliphatic heterocycles. The van der Waals surface area contributed by atoms with Crippen LogP contribution in [0.25, 0.3) is 22.2 Å². The molecule has 0 spiro atoms. The molecule has 2 aromatic carbocycles. The van der Waals surface area contributed by atoms with Crippen LogP contribution in [0.5, 0.6) is 5.75 Å². The van der Waals surface area contributed by atoms with Gasteiger partial charge in [-0.15, -0.1) is 0 Å². The quantitative estimate of drug-likeness (QED) is 0.578. The number of rotatable bonds is 5. The number of benzene rings is 2. The number of primary amides is 1. The Morgan fingerprint density at radius 3 is 2.57 bits per heavy atom. The zero-order valence-corrected chi connectivity index (χ0v) is 15.8. The Balaban J connectivity index is 1.93. The predicted molar refractivity (Wildman–Crippen MR) is 110 cm³/mol. The van der Waals surface area contributed by atoms with Crippen molar-refractivity contribution in [2.45, 2.75) is 6.42 Å². The zero-order chi connectivity index (χ0) is 19.7. The summed E-state index contributed by atoms with van der Waals surface area (Å²) in [6.07, 6.45) is 0.592. The third-order valence-corrected chi connectivity index (χ3v) is 4.98. The van der Waals surface area contributed by atoms with E-state index in [1.54, 1.807) is 13.2 Å². The Morgan fingerprint density at radius 1 is 1.07 bits per heavy atom. The second-order valence-electron chi connectivity index (χ2n) is 6.69. The van der Waals surface area contributed by atoms with Gasteiger partial charge in [0, 0.05) is 30.6 Å². The summed E-state index contributed by atoms with van der Waals surface area (Å²) >= 11 is 0. The molecule has 2 heterocycles. The van der Waals surface area contributed by atoms with Crippen LogP contribution >= 0.6 is 0 Å². The van der Waals surface area contributed by atoms with Crippen molar-refractivity contribution in [2.24, 2.45) is 12.8 Å². The lowest BCUT2D eigenvalue weighted by atomic mass is 10.0. The van der Waals surface area contributed by atoms with Crippen molar-refractivity contribution < 1.29 is 9.53 Å². The van der Waals surface area contributed by atoms with Gasteiger partial charge in [0.1, 0.15) is 11.4 Å². The SMILES string of the molecule is COc1ccc2c(Cc3cccc(C(N)=O)n3)c(-c3ccccc3)n(C)c2c1. The molecule has 0 atom stereocenters. The van der Waals surface area contributed by atoms with Gasteiger partial charge in [-0.1, -0.05) is 36.4 Å². The molecule has 0 fully saturated rings. The van der Waals surface area contributed by atoms with E-state index in [9.17, 15) is 4.79 Å². The van der Waals surface area contributed by atoms with Crippen molar-refractivity contribution in [1.29, 1.82) is 0 Å². The Morgan fingerprint density at radius 2 is 1.86 bits per heavy atom. The largest absolute Gasteiger partial charge is 0.497 e. The van der Waals surface area contributed by atoms with Crippen LogP contribution in [0.15, 0.2) is 66.7 Å². The number of amides is 1. The van der Waals surface area contributed by atoms with Crippen molar-refractivity contribution in [1.82, 2.24) is 9.55 Å². The second-order valence-corrected chi connectivity index (χ2v) is 6.69. The molecular formula is C23H21N3O2. The van der Waals surface area contributed by atoms with Gasteiger partial charge in [-0.3, -0.25) is 4.79 Å². The number of carbonyl (C=O) groups excluding carboxylic acids is 1. The number of nitrogens with two attached hydrogens (primary N) is 1. The molecule has 0 radical (unpaired) electrons. The Hall–Kier alpha value is -3.60. The highest BCUT2D eigenvalue weighted by Crippen LogP contribution is 2.36. The molecule has 0 unspecified atom stereocenters. The van der Waals surface area contributed by atoms with E-state index in [1.807, 2.05) is 42.5 Å². The molecule has 28 heavy (non-hydrogen) atoms. The average molecular weight is 371 g/mol. The van der Waals surface area contributed by atoms with Crippen molar-refractivity contribution in [2.75, 3.05) is 7.11 Å². The summed E-state index contributed by atoms with van der Waals surface area (Å²) in [4.78, 5) is 16.0. The van der Waals surface area contributed by atoms with Crippen molar-refractivity contribution in [3.8, 4) is 17.0 Å². The molecule has 0 aliphatic rings. The van der Waals surface area contributed by atoms with Gasteiger partial charge >= 0.3 is 0 Å². The summed E-state index contributed by atoms with van der Waals surface area (Å²) in [5.74, 6) is 0.293. The van der Waals surface area contributed by atoms with E-state index in [-0.39, 0.29) is 5.69 Å². The van der Waals surface area contributed by atoms with Crippen LogP contribution in [0.3, 0.4) is 0 Å². The number of hydrogen-bond donors (Lipinski definition) is 1. The Kier molecular flexibility index (Phi) is 4.57. The highest BCUT2D eigenvalue weighted by molar-refractivity contribution is 5.93. The Bertz CT molecular complexity index is 1160. The van der Waals surface area contributed by atoms with Crippen LogP contribution in [0.4, 0.5) is 0 Å². The summed E-state index contributed by atoms with van der Waals surface area (Å²) in [6.45, 7) is 0. The average Bonchev–Trinajstić information content (AvgIpc) is 3.00. The molecule has 0 aliphatic carbocycles. The van der Waals surface area contributed by atoms with Crippen LogP contribution in [0, 0.1) is 0 Å². The van der Waals surface area contributed by atoms with Crippen molar-refractivity contribution in [3.05, 3.63) is 83.7 Å². The molecule has 4 rings (SSSR count). The van der Waals surface area contributed by atoms with Gasteiger partial charge in [0.2, 0.25) is 0 Å². The smallest absolute Gasteiger partial charge is 0.267 e. The number of nitrogens with zero attached hydrogens (tertiary/aromatic N) is 2.